The summed E-state index contributed by atoms with van der Waals surface area (Å²) in [6.45, 7) is 1.76. The molecule has 0 saturated heterocycles. The van der Waals surface area contributed by atoms with Crippen molar-refractivity contribution in [2.75, 3.05) is 0 Å². The number of nitrogens with one attached hydrogen (secondary N) is 1. The van der Waals surface area contributed by atoms with E-state index in [0.29, 0.717) is 12.1 Å². The van der Waals surface area contributed by atoms with Gasteiger partial charge in [-0.3, -0.25) is 9.59 Å². The number of aliphatic carboxylic acids is 1. The number of halogens is 1. The predicted molar refractivity (Wildman–Crippen MR) is 65.7 cm³/mol. The van der Waals surface area contributed by atoms with Crippen LogP contribution in [0, 0.1) is 0 Å². The fraction of sp³-hybridized carbons (Fsp3) is 0.364. The van der Waals surface area contributed by atoms with Crippen LogP contribution in [0.25, 0.3) is 0 Å². The van der Waals surface area contributed by atoms with Crippen LogP contribution in [-0.2, 0) is 4.79 Å². The third-order valence-corrected chi connectivity index (χ3v) is 2.60. The Morgan fingerprint density at radius 3 is 2.76 bits per heavy atom. The summed E-state index contributed by atoms with van der Waals surface area (Å²) in [6, 6.07) is 3.14. The second-order valence-electron chi connectivity index (χ2n) is 3.67. The zero-order valence-corrected chi connectivity index (χ0v) is 10.9. The van der Waals surface area contributed by atoms with E-state index >= 15 is 0 Å². The summed E-state index contributed by atoms with van der Waals surface area (Å²) in [4.78, 5) is 26.0. The van der Waals surface area contributed by atoms with Gasteiger partial charge in [0.15, 0.2) is 0 Å². The van der Waals surface area contributed by atoms with Gasteiger partial charge in [-0.05, 0) is 41.4 Å². The van der Waals surface area contributed by atoms with Crippen molar-refractivity contribution in [1.82, 2.24) is 10.3 Å². The fourth-order valence-electron chi connectivity index (χ4n) is 1.22. The first-order valence-electron chi connectivity index (χ1n) is 5.13. The standard InChI is InChI=1S/C11H13BrN2O3/c1-7(2-5-10(15)16)14-11(17)9-4-3-8(12)6-13-9/h3-4,6-7H,2,5H2,1H3,(H,14,17)(H,15,16). The van der Waals surface area contributed by atoms with Crippen LogP contribution < -0.4 is 5.32 Å². The maximum Gasteiger partial charge on any atom is 0.303 e. The summed E-state index contributed by atoms with van der Waals surface area (Å²) in [5.41, 5.74) is 0.315. The number of nitrogens with zero attached hydrogens (tertiary/aromatic N) is 1. The summed E-state index contributed by atoms with van der Waals surface area (Å²) in [7, 11) is 0. The maximum atomic E-state index is 11.7. The molecule has 0 saturated carbocycles. The van der Waals surface area contributed by atoms with E-state index in [0.717, 1.165) is 4.47 Å². The molecular formula is C11H13BrN2O3. The largest absolute Gasteiger partial charge is 0.481 e. The van der Waals surface area contributed by atoms with E-state index in [-0.39, 0.29) is 18.4 Å². The van der Waals surface area contributed by atoms with E-state index in [4.69, 9.17) is 5.11 Å². The Morgan fingerprint density at radius 2 is 2.24 bits per heavy atom. The first-order valence-corrected chi connectivity index (χ1v) is 5.92. The molecule has 1 unspecified atom stereocenters. The monoisotopic (exact) mass is 300 g/mol. The predicted octanol–water partition coefficient (Wildman–Crippen LogP) is 1.83. The van der Waals surface area contributed by atoms with Crippen molar-refractivity contribution in [2.24, 2.45) is 0 Å². The molecule has 0 aliphatic carbocycles. The highest BCUT2D eigenvalue weighted by molar-refractivity contribution is 9.10. The summed E-state index contributed by atoms with van der Waals surface area (Å²) >= 11 is 3.23. The van der Waals surface area contributed by atoms with Crippen molar-refractivity contribution in [3.63, 3.8) is 0 Å². The molecule has 1 heterocycles. The topological polar surface area (TPSA) is 79.3 Å². The number of carbonyl (C=O) groups excluding carboxylic acids is 1. The number of carboxylic acids is 1. The summed E-state index contributed by atoms with van der Waals surface area (Å²) in [5.74, 6) is -1.16. The minimum absolute atomic E-state index is 0.0369. The molecule has 1 amide bonds. The lowest BCUT2D eigenvalue weighted by molar-refractivity contribution is -0.137. The van der Waals surface area contributed by atoms with Gasteiger partial charge >= 0.3 is 5.97 Å². The van der Waals surface area contributed by atoms with Gasteiger partial charge in [-0.1, -0.05) is 0 Å². The number of aromatic nitrogens is 1. The second-order valence-corrected chi connectivity index (χ2v) is 4.58. The van der Waals surface area contributed by atoms with Gasteiger partial charge in [-0.25, -0.2) is 4.98 Å². The number of amides is 1. The fourth-order valence-corrected chi connectivity index (χ4v) is 1.45. The smallest absolute Gasteiger partial charge is 0.303 e. The van der Waals surface area contributed by atoms with E-state index < -0.39 is 5.97 Å². The number of hydrogen-bond donors (Lipinski definition) is 2. The third-order valence-electron chi connectivity index (χ3n) is 2.13. The molecule has 1 aromatic rings. The summed E-state index contributed by atoms with van der Waals surface area (Å²) in [5, 5.41) is 11.2. The molecule has 6 heteroatoms. The van der Waals surface area contributed by atoms with Gasteiger partial charge in [0.25, 0.3) is 5.91 Å². The van der Waals surface area contributed by atoms with Gasteiger partial charge in [0, 0.05) is 23.1 Å². The van der Waals surface area contributed by atoms with Crippen molar-refractivity contribution < 1.29 is 14.7 Å². The molecule has 0 bridgehead atoms. The summed E-state index contributed by atoms with van der Waals surface area (Å²) in [6.07, 6.45) is 1.98. The minimum Gasteiger partial charge on any atom is -0.481 e. The van der Waals surface area contributed by atoms with Crippen molar-refractivity contribution in [3.8, 4) is 0 Å². The van der Waals surface area contributed by atoms with Gasteiger partial charge in [0.1, 0.15) is 5.69 Å². The molecule has 17 heavy (non-hydrogen) atoms. The van der Waals surface area contributed by atoms with E-state index in [9.17, 15) is 9.59 Å². The molecular weight excluding hydrogens is 288 g/mol. The van der Waals surface area contributed by atoms with E-state index in [1.807, 2.05) is 0 Å². The first-order chi connectivity index (χ1) is 7.99. The highest BCUT2D eigenvalue weighted by Crippen LogP contribution is 2.07. The lowest BCUT2D eigenvalue weighted by atomic mass is 10.2. The molecule has 0 aliphatic heterocycles. The van der Waals surface area contributed by atoms with E-state index in [1.54, 1.807) is 19.1 Å². The molecule has 0 radical (unpaired) electrons. The van der Waals surface area contributed by atoms with Crippen molar-refractivity contribution in [2.45, 2.75) is 25.8 Å². The summed E-state index contributed by atoms with van der Waals surface area (Å²) < 4.78 is 0.799. The average Bonchev–Trinajstić information content (AvgIpc) is 2.27. The number of hydrogen-bond acceptors (Lipinski definition) is 3. The average molecular weight is 301 g/mol. The molecule has 1 rings (SSSR count). The number of carbonyl (C=O) groups is 2. The number of rotatable bonds is 5. The van der Waals surface area contributed by atoms with Gasteiger partial charge in [-0.15, -0.1) is 0 Å². The van der Waals surface area contributed by atoms with E-state index in [2.05, 4.69) is 26.2 Å². The highest BCUT2D eigenvalue weighted by Gasteiger charge is 2.11. The van der Waals surface area contributed by atoms with Gasteiger partial charge in [0.2, 0.25) is 0 Å². The van der Waals surface area contributed by atoms with Gasteiger partial charge in [-0.2, -0.15) is 0 Å². The Balaban J connectivity index is 2.48. The van der Waals surface area contributed by atoms with Crippen molar-refractivity contribution >= 4 is 27.8 Å². The van der Waals surface area contributed by atoms with Crippen molar-refractivity contribution in [1.29, 1.82) is 0 Å². The van der Waals surface area contributed by atoms with Gasteiger partial charge < -0.3 is 10.4 Å². The zero-order chi connectivity index (χ0) is 12.8. The number of pyridine rings is 1. The lowest BCUT2D eigenvalue weighted by Crippen LogP contribution is -2.33. The Hall–Kier alpha value is -1.43. The second kappa shape index (κ2) is 6.34. The lowest BCUT2D eigenvalue weighted by Gasteiger charge is -2.12. The molecule has 0 fully saturated rings. The van der Waals surface area contributed by atoms with Crippen molar-refractivity contribution in [3.05, 3.63) is 28.5 Å². The quantitative estimate of drug-likeness (QED) is 0.869. The normalized spacial score (nSPS) is 11.9. The van der Waals surface area contributed by atoms with Gasteiger partial charge in [0.05, 0.1) is 0 Å². The molecule has 92 valence electrons. The van der Waals surface area contributed by atoms with Crippen LogP contribution in [0.5, 0.6) is 0 Å². The minimum atomic E-state index is -0.868. The van der Waals surface area contributed by atoms with Crippen LogP contribution in [0.4, 0.5) is 0 Å². The highest BCUT2D eigenvalue weighted by atomic mass is 79.9. The molecule has 0 aliphatic rings. The van der Waals surface area contributed by atoms with Crippen LogP contribution in [0.3, 0.4) is 0 Å². The maximum absolute atomic E-state index is 11.7. The Bertz CT molecular complexity index is 406. The number of carboxylic acid groups (broad SMARTS) is 1. The molecule has 1 atom stereocenters. The van der Waals surface area contributed by atoms with Crippen LogP contribution in [0.1, 0.15) is 30.3 Å². The zero-order valence-electron chi connectivity index (χ0n) is 9.31. The van der Waals surface area contributed by atoms with Crippen LogP contribution in [0.2, 0.25) is 0 Å². The Kier molecular flexibility index (Phi) is 5.09. The molecule has 1 aromatic heterocycles. The molecule has 0 spiro atoms. The first kappa shape index (κ1) is 13.6. The van der Waals surface area contributed by atoms with Crippen LogP contribution >= 0.6 is 15.9 Å². The van der Waals surface area contributed by atoms with Crippen LogP contribution in [0.15, 0.2) is 22.8 Å². The molecule has 2 N–H and O–H groups in total. The van der Waals surface area contributed by atoms with Crippen LogP contribution in [-0.4, -0.2) is 28.0 Å². The molecule has 0 aromatic carbocycles. The third kappa shape index (κ3) is 4.95. The van der Waals surface area contributed by atoms with E-state index in [1.165, 1.54) is 6.20 Å². The SMILES string of the molecule is CC(CCC(=O)O)NC(=O)c1ccc(Br)cn1. The Morgan fingerprint density at radius 1 is 1.53 bits per heavy atom. The Labute approximate surface area is 107 Å². The molecule has 5 nitrogen and oxygen atoms in total.